The summed E-state index contributed by atoms with van der Waals surface area (Å²) in [4.78, 5) is 8.21. The lowest BCUT2D eigenvalue weighted by molar-refractivity contribution is 0.626. The van der Waals surface area contributed by atoms with E-state index < -0.39 is 5.82 Å². The van der Waals surface area contributed by atoms with Crippen molar-refractivity contribution >= 4 is 53.7 Å². The molecule has 0 aliphatic rings. The van der Waals surface area contributed by atoms with Gasteiger partial charge < -0.3 is 5.41 Å². The minimum Gasteiger partial charge on any atom is -0.306 e. The van der Waals surface area contributed by atoms with Crippen molar-refractivity contribution in [3.63, 3.8) is 0 Å². The molecule has 7 heteroatoms. The van der Waals surface area contributed by atoms with Crippen LogP contribution < -0.4 is 0 Å². The molecule has 0 radical (unpaired) electrons. The Bertz CT molecular complexity index is 743. The molecule has 3 nitrogen and oxygen atoms in total. The van der Waals surface area contributed by atoms with E-state index in [1.807, 2.05) is 12.1 Å². The van der Waals surface area contributed by atoms with E-state index in [-0.39, 0.29) is 25.5 Å². The molecule has 2 aromatic carbocycles. The second-order valence-corrected chi connectivity index (χ2v) is 5.63. The third-order valence-corrected chi connectivity index (χ3v) is 3.35. The van der Waals surface area contributed by atoms with Gasteiger partial charge in [-0.2, -0.15) is 0 Å². The Kier molecular flexibility index (Phi) is 8.61. The monoisotopic (exact) mass is 385 g/mol. The molecule has 0 saturated heterocycles. The molecular weight excluding hydrogens is 372 g/mol. The zero-order valence-corrected chi connectivity index (χ0v) is 14.9. The Labute approximate surface area is 156 Å². The minimum absolute atomic E-state index is 0. The molecule has 0 aromatic heterocycles. The van der Waals surface area contributed by atoms with Crippen molar-refractivity contribution in [2.75, 3.05) is 13.1 Å². The van der Waals surface area contributed by atoms with Crippen LogP contribution >= 0.6 is 35.6 Å². The zero-order valence-electron chi connectivity index (χ0n) is 12.5. The molecule has 0 atom stereocenters. The average molecular weight is 387 g/mol. The Morgan fingerprint density at radius 2 is 1.54 bits per heavy atom. The normalized spacial score (nSPS) is 11.0. The number of aliphatic imine (C=N–C) groups is 2. The summed E-state index contributed by atoms with van der Waals surface area (Å²) in [5, 5.41) is 8.78. The number of rotatable bonds is 6. The van der Waals surface area contributed by atoms with Crippen molar-refractivity contribution in [1.29, 1.82) is 5.41 Å². The molecule has 0 fully saturated rings. The van der Waals surface area contributed by atoms with E-state index in [0.29, 0.717) is 21.3 Å². The highest BCUT2D eigenvalue weighted by Gasteiger charge is 2.00. The molecule has 1 N–H and O–H groups in total. The van der Waals surface area contributed by atoms with Gasteiger partial charge in [0.2, 0.25) is 0 Å². The quantitative estimate of drug-likeness (QED) is 0.671. The van der Waals surface area contributed by atoms with Gasteiger partial charge in [-0.1, -0.05) is 35.3 Å². The number of halogens is 4. The molecule has 0 aliphatic carbocycles. The Morgan fingerprint density at radius 3 is 2.17 bits per heavy atom. The predicted molar refractivity (Wildman–Crippen MR) is 103 cm³/mol. The molecule has 0 saturated carbocycles. The fraction of sp³-hybridized carbons (Fsp3) is 0.118. The van der Waals surface area contributed by atoms with E-state index in [9.17, 15) is 4.39 Å². The molecule has 0 heterocycles. The topological polar surface area (TPSA) is 48.6 Å². The predicted octanol–water partition coefficient (Wildman–Crippen LogP) is 5.11. The maximum atomic E-state index is 13.5. The molecule has 24 heavy (non-hydrogen) atoms. The van der Waals surface area contributed by atoms with Crippen molar-refractivity contribution in [3.8, 4) is 0 Å². The zero-order chi connectivity index (χ0) is 16.7. The highest BCUT2D eigenvalue weighted by molar-refractivity contribution is 6.30. The summed E-state index contributed by atoms with van der Waals surface area (Å²) < 4.78 is 13.5. The molecule has 0 unspecified atom stereocenters. The lowest BCUT2D eigenvalue weighted by Gasteiger charge is -1.98. The third kappa shape index (κ3) is 6.79. The first kappa shape index (κ1) is 20.3. The lowest BCUT2D eigenvalue weighted by Crippen LogP contribution is -2.06. The van der Waals surface area contributed by atoms with Crippen LogP contribution in [0.4, 0.5) is 4.39 Å². The number of hydrogen-bond acceptors (Lipinski definition) is 3. The van der Waals surface area contributed by atoms with Crippen LogP contribution in [0.1, 0.15) is 11.1 Å². The first-order chi connectivity index (χ1) is 11.0. The van der Waals surface area contributed by atoms with E-state index in [1.54, 1.807) is 30.5 Å². The molecule has 0 spiro atoms. The number of nitrogens with zero attached hydrogens (tertiary/aromatic N) is 2. The number of hydrogen-bond donors (Lipinski definition) is 1. The smallest absolute Gasteiger partial charge is 0.133 e. The second-order valence-electron chi connectivity index (χ2n) is 4.76. The van der Waals surface area contributed by atoms with Gasteiger partial charge in [0.25, 0.3) is 0 Å². The molecule has 2 rings (SSSR count). The molecule has 0 amide bonds. The van der Waals surface area contributed by atoms with Crippen molar-refractivity contribution in [3.05, 3.63) is 69.5 Å². The standard InChI is InChI=1S/C17H14Cl2FN3.ClH/c18-14-4-1-12(2-5-14)8-22-10-16(21)11-23-9-13-3-6-15(19)7-17(13)20;/h1-9,21H,10-11H2;1H. The average Bonchev–Trinajstić information content (AvgIpc) is 2.51. The van der Waals surface area contributed by atoms with Gasteiger partial charge in [0, 0.05) is 28.0 Å². The van der Waals surface area contributed by atoms with E-state index in [4.69, 9.17) is 28.6 Å². The van der Waals surface area contributed by atoms with Gasteiger partial charge in [0.15, 0.2) is 0 Å². The first-order valence-corrected chi connectivity index (χ1v) is 7.57. The maximum Gasteiger partial charge on any atom is 0.133 e. The van der Waals surface area contributed by atoms with Crippen LogP contribution in [-0.4, -0.2) is 31.2 Å². The van der Waals surface area contributed by atoms with Crippen LogP contribution in [0.5, 0.6) is 0 Å². The summed E-state index contributed by atoms with van der Waals surface area (Å²) in [6.45, 7) is 0.406. The largest absolute Gasteiger partial charge is 0.306 e. The summed E-state index contributed by atoms with van der Waals surface area (Å²) >= 11 is 11.5. The minimum atomic E-state index is -0.437. The van der Waals surface area contributed by atoms with E-state index in [0.717, 1.165) is 5.56 Å². The highest BCUT2D eigenvalue weighted by Crippen LogP contribution is 2.13. The fourth-order valence-electron chi connectivity index (χ4n) is 1.72. The second kappa shape index (κ2) is 10.2. The molecule has 126 valence electrons. The summed E-state index contributed by atoms with van der Waals surface area (Å²) in [6.07, 6.45) is 3.07. The van der Waals surface area contributed by atoms with Gasteiger partial charge >= 0.3 is 0 Å². The van der Waals surface area contributed by atoms with E-state index in [1.165, 1.54) is 12.3 Å². The highest BCUT2D eigenvalue weighted by atomic mass is 35.5. The van der Waals surface area contributed by atoms with Crippen LogP contribution in [0.25, 0.3) is 0 Å². The summed E-state index contributed by atoms with van der Waals surface area (Å²) in [5.74, 6) is -0.437. The number of nitrogens with one attached hydrogen (secondary N) is 1. The third-order valence-electron chi connectivity index (χ3n) is 2.87. The van der Waals surface area contributed by atoms with E-state index >= 15 is 0 Å². The summed E-state index contributed by atoms with van der Waals surface area (Å²) in [6, 6.07) is 11.6. The SMILES string of the molecule is Cl.N=C(CN=Cc1ccc(Cl)cc1)CN=Cc1ccc(Cl)cc1F. The summed E-state index contributed by atoms with van der Waals surface area (Å²) in [5.41, 5.74) is 1.58. The molecule has 2 aromatic rings. The van der Waals surface area contributed by atoms with Crippen molar-refractivity contribution in [2.45, 2.75) is 0 Å². The van der Waals surface area contributed by atoms with E-state index in [2.05, 4.69) is 9.98 Å². The maximum absolute atomic E-state index is 13.5. The Balaban J connectivity index is 0.00000288. The van der Waals surface area contributed by atoms with Gasteiger partial charge in [-0.3, -0.25) is 9.98 Å². The van der Waals surface area contributed by atoms with Crippen LogP contribution in [0, 0.1) is 11.2 Å². The van der Waals surface area contributed by atoms with Crippen LogP contribution in [-0.2, 0) is 0 Å². The van der Waals surface area contributed by atoms with Gasteiger partial charge in [0.05, 0.1) is 18.8 Å². The summed E-state index contributed by atoms with van der Waals surface area (Å²) in [7, 11) is 0. The lowest BCUT2D eigenvalue weighted by atomic mass is 10.2. The van der Waals surface area contributed by atoms with Gasteiger partial charge in [-0.15, -0.1) is 12.4 Å². The molecular formula is C17H15Cl3FN3. The fourth-order valence-corrected chi connectivity index (χ4v) is 2.01. The Hall–Kier alpha value is -1.75. The molecule has 0 aliphatic heterocycles. The van der Waals surface area contributed by atoms with Crippen molar-refractivity contribution in [2.24, 2.45) is 9.98 Å². The van der Waals surface area contributed by atoms with Gasteiger partial charge in [-0.25, -0.2) is 4.39 Å². The van der Waals surface area contributed by atoms with Crippen molar-refractivity contribution in [1.82, 2.24) is 0 Å². The van der Waals surface area contributed by atoms with Gasteiger partial charge in [0.1, 0.15) is 5.82 Å². The van der Waals surface area contributed by atoms with Crippen LogP contribution in [0.3, 0.4) is 0 Å². The van der Waals surface area contributed by atoms with Crippen LogP contribution in [0.2, 0.25) is 10.0 Å². The van der Waals surface area contributed by atoms with Crippen molar-refractivity contribution < 1.29 is 4.39 Å². The van der Waals surface area contributed by atoms with Gasteiger partial charge in [-0.05, 0) is 35.9 Å². The first-order valence-electron chi connectivity index (χ1n) is 6.81. The Morgan fingerprint density at radius 1 is 0.958 bits per heavy atom. The molecule has 0 bridgehead atoms. The number of benzene rings is 2. The van der Waals surface area contributed by atoms with Crippen LogP contribution in [0.15, 0.2) is 52.4 Å².